The summed E-state index contributed by atoms with van der Waals surface area (Å²) in [4.78, 5) is 39.5. The van der Waals surface area contributed by atoms with Crippen LogP contribution in [-0.4, -0.2) is 29.4 Å². The van der Waals surface area contributed by atoms with Crippen molar-refractivity contribution in [1.29, 1.82) is 0 Å². The van der Waals surface area contributed by atoms with Crippen molar-refractivity contribution in [3.05, 3.63) is 77.8 Å². The molecule has 3 rings (SSSR count). The normalized spacial score (nSPS) is 10.3. The summed E-state index contributed by atoms with van der Waals surface area (Å²) in [6.45, 7) is 1.49. The van der Waals surface area contributed by atoms with Gasteiger partial charge in [-0.15, -0.1) is 0 Å². The molecule has 0 aliphatic heterocycles. The standard InChI is InChI=1S/C22H21N3O5/c1-15-7-9-16(10-8-15)18-13-23-20(30-18)11-12-21(27)29-14-19(26)24-25-22(28)17-5-3-2-4-6-17/h2-10,13H,11-12,14H2,1H3,(H,24,26)(H,25,28). The van der Waals surface area contributed by atoms with E-state index in [4.69, 9.17) is 9.15 Å². The highest BCUT2D eigenvalue weighted by Gasteiger charge is 2.12. The third kappa shape index (κ3) is 6.03. The Morgan fingerprint density at radius 3 is 2.47 bits per heavy atom. The minimum atomic E-state index is -0.648. The van der Waals surface area contributed by atoms with E-state index in [1.54, 1.807) is 36.5 Å². The molecule has 0 saturated carbocycles. The maximum Gasteiger partial charge on any atom is 0.306 e. The summed E-state index contributed by atoms with van der Waals surface area (Å²) in [5.41, 5.74) is 6.87. The number of benzene rings is 2. The zero-order valence-electron chi connectivity index (χ0n) is 16.4. The molecule has 1 heterocycles. The summed E-state index contributed by atoms with van der Waals surface area (Å²) in [5.74, 6) is -0.669. The van der Waals surface area contributed by atoms with Gasteiger partial charge in [0.05, 0.1) is 12.6 Å². The minimum absolute atomic E-state index is 0.0114. The second-order valence-electron chi connectivity index (χ2n) is 6.51. The molecule has 1 aromatic heterocycles. The van der Waals surface area contributed by atoms with E-state index >= 15 is 0 Å². The van der Waals surface area contributed by atoms with Crippen molar-refractivity contribution in [2.45, 2.75) is 19.8 Å². The van der Waals surface area contributed by atoms with Gasteiger partial charge in [-0.05, 0) is 19.1 Å². The fraction of sp³-hybridized carbons (Fsp3) is 0.182. The molecule has 2 amide bonds. The van der Waals surface area contributed by atoms with Crippen LogP contribution < -0.4 is 10.9 Å². The monoisotopic (exact) mass is 407 g/mol. The van der Waals surface area contributed by atoms with Crippen LogP contribution in [0, 0.1) is 6.92 Å². The van der Waals surface area contributed by atoms with Crippen LogP contribution in [0.1, 0.15) is 28.2 Å². The van der Waals surface area contributed by atoms with Crippen molar-refractivity contribution in [2.24, 2.45) is 0 Å². The first kappa shape index (κ1) is 20.8. The van der Waals surface area contributed by atoms with Crippen LogP contribution >= 0.6 is 0 Å². The minimum Gasteiger partial charge on any atom is -0.455 e. The van der Waals surface area contributed by atoms with E-state index < -0.39 is 24.4 Å². The Labute approximate surface area is 173 Å². The lowest BCUT2D eigenvalue weighted by Crippen LogP contribution is -2.43. The quantitative estimate of drug-likeness (QED) is 0.460. The summed E-state index contributed by atoms with van der Waals surface area (Å²) in [7, 11) is 0. The number of nitrogens with one attached hydrogen (secondary N) is 2. The van der Waals surface area contributed by atoms with Crippen LogP contribution in [0.3, 0.4) is 0 Å². The predicted molar refractivity (Wildman–Crippen MR) is 108 cm³/mol. The van der Waals surface area contributed by atoms with Crippen molar-refractivity contribution in [3.63, 3.8) is 0 Å². The summed E-state index contributed by atoms with van der Waals surface area (Å²) in [5, 5.41) is 0. The summed E-state index contributed by atoms with van der Waals surface area (Å²) in [6.07, 6.45) is 1.86. The number of carbonyl (C=O) groups is 3. The van der Waals surface area contributed by atoms with Gasteiger partial charge in [0.15, 0.2) is 18.3 Å². The number of oxazole rings is 1. The molecule has 2 aromatic carbocycles. The van der Waals surface area contributed by atoms with Gasteiger partial charge in [-0.1, -0.05) is 48.0 Å². The Hall–Kier alpha value is -3.94. The number of aryl methyl sites for hydroxylation is 2. The first-order valence-electron chi connectivity index (χ1n) is 9.33. The molecular formula is C22H21N3O5. The first-order chi connectivity index (χ1) is 14.5. The Kier molecular flexibility index (Phi) is 6.94. The van der Waals surface area contributed by atoms with Gasteiger partial charge < -0.3 is 9.15 Å². The molecule has 0 aliphatic rings. The molecular weight excluding hydrogens is 386 g/mol. The second kappa shape index (κ2) is 10.0. The van der Waals surface area contributed by atoms with E-state index in [1.807, 2.05) is 31.2 Å². The number of amides is 2. The summed E-state index contributed by atoms with van der Waals surface area (Å²) < 4.78 is 10.5. The number of carbonyl (C=O) groups excluding carboxylic acids is 3. The molecule has 0 saturated heterocycles. The number of hydrazine groups is 1. The van der Waals surface area contributed by atoms with Crippen LogP contribution in [0.15, 0.2) is 65.2 Å². The van der Waals surface area contributed by atoms with Gasteiger partial charge in [0.25, 0.3) is 11.8 Å². The average molecular weight is 407 g/mol. The molecule has 8 heteroatoms. The lowest BCUT2D eigenvalue weighted by molar-refractivity contribution is -0.148. The summed E-state index contributed by atoms with van der Waals surface area (Å²) >= 11 is 0. The highest BCUT2D eigenvalue weighted by molar-refractivity contribution is 5.95. The molecule has 0 bridgehead atoms. The van der Waals surface area contributed by atoms with Crippen molar-refractivity contribution >= 4 is 17.8 Å². The predicted octanol–water partition coefficient (Wildman–Crippen LogP) is 2.59. The summed E-state index contributed by atoms with van der Waals surface area (Å²) in [6, 6.07) is 16.2. The highest BCUT2D eigenvalue weighted by Crippen LogP contribution is 2.21. The molecule has 30 heavy (non-hydrogen) atoms. The van der Waals surface area contributed by atoms with Crippen LogP contribution in [0.4, 0.5) is 0 Å². The zero-order chi connectivity index (χ0) is 21.3. The maximum absolute atomic E-state index is 11.8. The van der Waals surface area contributed by atoms with E-state index in [1.165, 1.54) is 0 Å². The molecule has 154 valence electrons. The molecule has 0 aliphatic carbocycles. The number of ether oxygens (including phenoxy) is 1. The number of esters is 1. The lowest BCUT2D eigenvalue weighted by Gasteiger charge is -2.08. The Balaban J connectivity index is 1.37. The maximum atomic E-state index is 11.8. The Morgan fingerprint density at radius 2 is 1.73 bits per heavy atom. The molecule has 0 spiro atoms. The van der Waals surface area contributed by atoms with E-state index in [0.717, 1.165) is 11.1 Å². The Morgan fingerprint density at radius 1 is 1.00 bits per heavy atom. The fourth-order valence-electron chi connectivity index (χ4n) is 2.53. The van der Waals surface area contributed by atoms with Gasteiger partial charge in [-0.25, -0.2) is 4.98 Å². The van der Waals surface area contributed by atoms with Gasteiger partial charge in [0, 0.05) is 17.5 Å². The number of hydrogen-bond acceptors (Lipinski definition) is 6. The van der Waals surface area contributed by atoms with E-state index in [0.29, 0.717) is 17.2 Å². The van der Waals surface area contributed by atoms with Crippen LogP contribution in [0.2, 0.25) is 0 Å². The largest absolute Gasteiger partial charge is 0.455 e. The number of nitrogens with zero attached hydrogens (tertiary/aromatic N) is 1. The first-order valence-corrected chi connectivity index (χ1v) is 9.33. The number of aromatic nitrogens is 1. The van der Waals surface area contributed by atoms with Gasteiger partial charge in [-0.2, -0.15) is 0 Å². The molecule has 0 radical (unpaired) electrons. The van der Waals surface area contributed by atoms with Gasteiger partial charge in [-0.3, -0.25) is 25.2 Å². The smallest absolute Gasteiger partial charge is 0.306 e. The van der Waals surface area contributed by atoms with Crippen LogP contribution in [-0.2, 0) is 20.7 Å². The van der Waals surface area contributed by atoms with E-state index in [9.17, 15) is 14.4 Å². The SMILES string of the molecule is Cc1ccc(-c2cnc(CCC(=O)OCC(=O)NNC(=O)c3ccccc3)o2)cc1. The van der Waals surface area contributed by atoms with Gasteiger partial charge in [0.1, 0.15) is 0 Å². The third-order valence-corrected chi connectivity index (χ3v) is 4.15. The van der Waals surface area contributed by atoms with Gasteiger partial charge >= 0.3 is 5.97 Å². The van der Waals surface area contributed by atoms with Crippen molar-refractivity contribution < 1.29 is 23.5 Å². The van der Waals surface area contributed by atoms with Crippen molar-refractivity contribution in [3.8, 4) is 11.3 Å². The topological polar surface area (TPSA) is 111 Å². The van der Waals surface area contributed by atoms with Crippen LogP contribution in [0.25, 0.3) is 11.3 Å². The van der Waals surface area contributed by atoms with Crippen molar-refractivity contribution in [2.75, 3.05) is 6.61 Å². The Bertz CT molecular complexity index is 1010. The average Bonchev–Trinajstić information content (AvgIpc) is 3.24. The molecule has 8 nitrogen and oxygen atoms in total. The van der Waals surface area contributed by atoms with Gasteiger partial charge in [0.2, 0.25) is 0 Å². The van der Waals surface area contributed by atoms with Crippen molar-refractivity contribution in [1.82, 2.24) is 15.8 Å². The number of hydrogen-bond donors (Lipinski definition) is 2. The van der Waals surface area contributed by atoms with Crippen LogP contribution in [0.5, 0.6) is 0 Å². The lowest BCUT2D eigenvalue weighted by atomic mass is 10.1. The van der Waals surface area contributed by atoms with E-state index in [2.05, 4.69) is 15.8 Å². The number of rotatable bonds is 7. The molecule has 0 atom stereocenters. The molecule has 0 fully saturated rings. The highest BCUT2D eigenvalue weighted by atomic mass is 16.5. The fourth-order valence-corrected chi connectivity index (χ4v) is 2.53. The second-order valence-corrected chi connectivity index (χ2v) is 6.51. The third-order valence-electron chi connectivity index (χ3n) is 4.15. The molecule has 0 unspecified atom stereocenters. The van der Waals surface area contributed by atoms with E-state index in [-0.39, 0.29) is 12.8 Å². The molecule has 3 aromatic rings. The molecule has 2 N–H and O–H groups in total. The zero-order valence-corrected chi connectivity index (χ0v) is 16.4.